The van der Waals surface area contributed by atoms with Crippen molar-refractivity contribution in [1.82, 2.24) is 0 Å². The van der Waals surface area contributed by atoms with Gasteiger partial charge in [0.05, 0.1) is 10.6 Å². The summed E-state index contributed by atoms with van der Waals surface area (Å²) in [6.07, 6.45) is 0. The van der Waals surface area contributed by atoms with Crippen molar-refractivity contribution in [3.8, 4) is 0 Å². The summed E-state index contributed by atoms with van der Waals surface area (Å²) < 4.78 is 24.9. The normalized spacial score (nSPS) is 13.8. The highest BCUT2D eigenvalue weighted by Gasteiger charge is 2.20. The molecule has 0 aliphatic rings. The highest BCUT2D eigenvalue weighted by molar-refractivity contribution is 9.10. The Kier molecular flexibility index (Phi) is 4.52. The fourth-order valence-electron chi connectivity index (χ4n) is 1.44. The molecule has 0 radical (unpaired) electrons. The van der Waals surface area contributed by atoms with Gasteiger partial charge in [0.25, 0.3) is 0 Å². The van der Waals surface area contributed by atoms with Gasteiger partial charge in [-0.05, 0) is 30.5 Å². The van der Waals surface area contributed by atoms with Crippen molar-refractivity contribution in [1.29, 1.82) is 0 Å². The number of sulfone groups is 1. The van der Waals surface area contributed by atoms with Crippen molar-refractivity contribution < 1.29 is 13.5 Å². The Hall–Kier alpha value is -0.390. The van der Waals surface area contributed by atoms with Crippen molar-refractivity contribution in [3.63, 3.8) is 0 Å². The molecule has 1 N–H and O–H groups in total. The first-order chi connectivity index (χ1) is 7.38. The second kappa shape index (κ2) is 5.29. The molecule has 1 aromatic rings. The molecule has 0 bridgehead atoms. The van der Waals surface area contributed by atoms with Crippen molar-refractivity contribution in [2.45, 2.75) is 18.7 Å². The number of aliphatic hydroxyl groups is 1. The number of rotatable bonds is 4. The summed E-state index contributed by atoms with van der Waals surface area (Å²) in [4.78, 5) is 0.335. The Morgan fingerprint density at radius 1 is 1.44 bits per heavy atom. The van der Waals surface area contributed by atoms with Crippen LogP contribution in [0.15, 0.2) is 27.6 Å². The molecule has 0 aliphatic heterocycles. The standard InChI is InChI=1S/C11H15BrO3S/c1-8(6-13)7-16(14,15)11-5-3-4-10(12)9(11)2/h3-5,8,13H,6-7H2,1-2H3. The van der Waals surface area contributed by atoms with Gasteiger partial charge in [-0.1, -0.05) is 28.9 Å². The lowest BCUT2D eigenvalue weighted by atomic mass is 10.2. The first-order valence-electron chi connectivity index (χ1n) is 4.97. The zero-order valence-corrected chi connectivity index (χ0v) is 11.7. The van der Waals surface area contributed by atoms with Gasteiger partial charge in [0.2, 0.25) is 0 Å². The second-order valence-corrected chi connectivity index (χ2v) is 6.79. The van der Waals surface area contributed by atoms with Gasteiger partial charge in [-0.2, -0.15) is 0 Å². The molecule has 0 amide bonds. The minimum atomic E-state index is -3.31. The Morgan fingerprint density at radius 3 is 2.62 bits per heavy atom. The van der Waals surface area contributed by atoms with Crippen LogP contribution in [0.4, 0.5) is 0 Å². The number of hydrogen-bond acceptors (Lipinski definition) is 3. The van der Waals surface area contributed by atoms with Crippen LogP contribution in [0.25, 0.3) is 0 Å². The topological polar surface area (TPSA) is 54.4 Å². The van der Waals surface area contributed by atoms with Crippen LogP contribution in [0, 0.1) is 12.8 Å². The highest BCUT2D eigenvalue weighted by atomic mass is 79.9. The second-order valence-electron chi connectivity index (χ2n) is 3.93. The van der Waals surface area contributed by atoms with Crippen molar-refractivity contribution in [3.05, 3.63) is 28.2 Å². The van der Waals surface area contributed by atoms with Crippen LogP contribution >= 0.6 is 15.9 Å². The molecule has 1 atom stereocenters. The fourth-order valence-corrected chi connectivity index (χ4v) is 3.84. The smallest absolute Gasteiger partial charge is 0.179 e. The van der Waals surface area contributed by atoms with Crippen LogP contribution in [-0.2, 0) is 9.84 Å². The average Bonchev–Trinajstić information content (AvgIpc) is 2.21. The Morgan fingerprint density at radius 2 is 2.06 bits per heavy atom. The first kappa shape index (κ1) is 13.7. The molecule has 90 valence electrons. The van der Waals surface area contributed by atoms with E-state index in [9.17, 15) is 8.42 Å². The summed E-state index contributed by atoms with van der Waals surface area (Å²) in [5.74, 6) is -0.274. The van der Waals surface area contributed by atoms with Gasteiger partial charge in [-0.15, -0.1) is 0 Å². The lowest BCUT2D eigenvalue weighted by Crippen LogP contribution is -2.17. The summed E-state index contributed by atoms with van der Waals surface area (Å²) >= 11 is 3.31. The van der Waals surface area contributed by atoms with Gasteiger partial charge < -0.3 is 5.11 Å². The molecule has 16 heavy (non-hydrogen) atoms. The van der Waals surface area contributed by atoms with Crippen molar-refractivity contribution in [2.75, 3.05) is 12.4 Å². The summed E-state index contributed by atoms with van der Waals surface area (Å²) in [7, 11) is -3.31. The SMILES string of the molecule is Cc1c(Br)cccc1S(=O)(=O)CC(C)CO. The molecule has 0 heterocycles. The highest BCUT2D eigenvalue weighted by Crippen LogP contribution is 2.24. The quantitative estimate of drug-likeness (QED) is 0.927. The van der Waals surface area contributed by atoms with Gasteiger partial charge in [0.15, 0.2) is 9.84 Å². The summed E-state index contributed by atoms with van der Waals surface area (Å²) in [5.41, 5.74) is 0.715. The maximum atomic E-state index is 12.0. The van der Waals surface area contributed by atoms with E-state index in [0.717, 1.165) is 4.47 Å². The third-order valence-electron chi connectivity index (χ3n) is 2.37. The van der Waals surface area contributed by atoms with E-state index in [0.29, 0.717) is 10.5 Å². The molecule has 1 unspecified atom stereocenters. The van der Waals surface area contributed by atoms with Gasteiger partial charge in [-0.3, -0.25) is 0 Å². The lowest BCUT2D eigenvalue weighted by Gasteiger charge is -2.11. The van der Waals surface area contributed by atoms with Gasteiger partial charge >= 0.3 is 0 Å². The third-order valence-corrected chi connectivity index (χ3v) is 5.35. The minimum Gasteiger partial charge on any atom is -0.396 e. The van der Waals surface area contributed by atoms with Crippen LogP contribution in [0.3, 0.4) is 0 Å². The zero-order valence-electron chi connectivity index (χ0n) is 9.27. The van der Waals surface area contributed by atoms with Crippen LogP contribution in [0.2, 0.25) is 0 Å². The maximum Gasteiger partial charge on any atom is 0.179 e. The molecule has 0 spiro atoms. The van der Waals surface area contributed by atoms with E-state index in [1.807, 2.05) is 6.07 Å². The molecule has 0 aliphatic carbocycles. The first-order valence-corrected chi connectivity index (χ1v) is 7.41. The van der Waals surface area contributed by atoms with E-state index in [1.165, 1.54) is 0 Å². The van der Waals surface area contributed by atoms with Gasteiger partial charge in [0, 0.05) is 11.1 Å². The van der Waals surface area contributed by atoms with E-state index in [2.05, 4.69) is 15.9 Å². The molecule has 5 heteroatoms. The summed E-state index contributed by atoms with van der Waals surface area (Å²) in [6.45, 7) is 3.36. The molecule has 0 saturated heterocycles. The molecule has 0 aromatic heterocycles. The van der Waals surface area contributed by atoms with E-state index >= 15 is 0 Å². The Bertz CT molecular complexity index is 468. The van der Waals surface area contributed by atoms with Crippen molar-refractivity contribution >= 4 is 25.8 Å². The van der Waals surface area contributed by atoms with Crippen LogP contribution < -0.4 is 0 Å². The number of halogens is 1. The van der Waals surface area contributed by atoms with E-state index in [4.69, 9.17) is 5.11 Å². The molecule has 1 aromatic carbocycles. The van der Waals surface area contributed by atoms with E-state index < -0.39 is 9.84 Å². The number of hydrogen-bond donors (Lipinski definition) is 1. The van der Waals surface area contributed by atoms with Crippen molar-refractivity contribution in [2.24, 2.45) is 5.92 Å². The third kappa shape index (κ3) is 3.06. The van der Waals surface area contributed by atoms with Gasteiger partial charge in [-0.25, -0.2) is 8.42 Å². The molecule has 0 fully saturated rings. The largest absolute Gasteiger partial charge is 0.396 e. The van der Waals surface area contributed by atoms with Gasteiger partial charge in [0.1, 0.15) is 0 Å². The van der Waals surface area contributed by atoms with E-state index in [1.54, 1.807) is 26.0 Å². The Labute approximate surface area is 105 Å². The minimum absolute atomic E-state index is 0.0270. The van der Waals surface area contributed by atoms with Crippen LogP contribution in [0.5, 0.6) is 0 Å². The predicted molar refractivity (Wildman–Crippen MR) is 67.2 cm³/mol. The molecule has 1 rings (SSSR count). The fraction of sp³-hybridized carbons (Fsp3) is 0.455. The summed E-state index contributed by atoms with van der Waals surface area (Å²) in [5, 5.41) is 8.90. The molecule has 0 saturated carbocycles. The monoisotopic (exact) mass is 306 g/mol. The molecular formula is C11H15BrO3S. The summed E-state index contributed by atoms with van der Waals surface area (Å²) in [6, 6.07) is 5.11. The maximum absolute atomic E-state index is 12.0. The zero-order chi connectivity index (χ0) is 12.3. The number of aliphatic hydroxyl groups excluding tert-OH is 1. The molecular weight excluding hydrogens is 292 g/mol. The van der Waals surface area contributed by atoms with Crippen LogP contribution in [-0.4, -0.2) is 25.9 Å². The number of benzene rings is 1. The lowest BCUT2D eigenvalue weighted by molar-refractivity contribution is 0.249. The molecule has 3 nitrogen and oxygen atoms in total. The average molecular weight is 307 g/mol. The Balaban J connectivity index is 3.13. The predicted octanol–water partition coefficient (Wildman–Crippen LogP) is 2.16. The van der Waals surface area contributed by atoms with Crippen LogP contribution in [0.1, 0.15) is 12.5 Å². The van der Waals surface area contributed by atoms with E-state index in [-0.39, 0.29) is 18.3 Å².